The molecule has 17 heavy (non-hydrogen) atoms. The maximum atomic E-state index is 4.43. The van der Waals surface area contributed by atoms with E-state index in [0.717, 1.165) is 18.8 Å². The molecule has 0 aliphatic rings. The molecular weight excluding hydrogens is 210 g/mol. The van der Waals surface area contributed by atoms with Crippen molar-refractivity contribution in [2.24, 2.45) is 7.05 Å². The topological polar surface area (TPSA) is 29.9 Å². The van der Waals surface area contributed by atoms with Gasteiger partial charge in [-0.2, -0.15) is 5.10 Å². The molecule has 0 fully saturated rings. The molecule has 0 radical (unpaired) electrons. The molecule has 3 heteroatoms. The molecule has 98 valence electrons. The zero-order valence-corrected chi connectivity index (χ0v) is 11.8. The lowest BCUT2D eigenvalue weighted by molar-refractivity contribution is 0.582. The normalized spacial score (nSPS) is 11.1. The van der Waals surface area contributed by atoms with Crippen LogP contribution in [0.1, 0.15) is 56.0 Å². The molecule has 0 saturated carbocycles. The molecular formula is C14H27N3. The fourth-order valence-electron chi connectivity index (χ4n) is 2.14. The molecule has 1 N–H and O–H groups in total. The number of rotatable bonds is 8. The van der Waals surface area contributed by atoms with Crippen LogP contribution in [-0.2, 0) is 13.6 Å². The van der Waals surface area contributed by atoms with Crippen molar-refractivity contribution < 1.29 is 0 Å². The van der Waals surface area contributed by atoms with Gasteiger partial charge in [-0.1, -0.05) is 32.6 Å². The molecule has 1 rings (SSSR count). The Hall–Kier alpha value is -0.830. The molecule has 0 atom stereocenters. The van der Waals surface area contributed by atoms with Crippen molar-refractivity contribution in [3.05, 3.63) is 17.0 Å². The van der Waals surface area contributed by atoms with Gasteiger partial charge in [-0.3, -0.25) is 4.68 Å². The molecule has 0 saturated heterocycles. The van der Waals surface area contributed by atoms with Gasteiger partial charge in [0.25, 0.3) is 0 Å². The SMILES string of the molecule is CCCCCCCNCc1c(C)nn(C)c1C. The molecule has 0 aliphatic carbocycles. The molecule has 3 nitrogen and oxygen atoms in total. The van der Waals surface area contributed by atoms with Crippen molar-refractivity contribution in [1.82, 2.24) is 15.1 Å². The quantitative estimate of drug-likeness (QED) is 0.704. The van der Waals surface area contributed by atoms with Crippen LogP contribution in [0, 0.1) is 13.8 Å². The van der Waals surface area contributed by atoms with Crippen molar-refractivity contribution in [3.8, 4) is 0 Å². The third kappa shape index (κ3) is 4.50. The third-order valence-corrected chi connectivity index (χ3v) is 3.42. The highest BCUT2D eigenvalue weighted by Gasteiger charge is 2.07. The van der Waals surface area contributed by atoms with Crippen LogP contribution in [0.15, 0.2) is 0 Å². The van der Waals surface area contributed by atoms with Gasteiger partial charge < -0.3 is 5.32 Å². The molecule has 0 amide bonds. The number of nitrogens with one attached hydrogen (secondary N) is 1. The van der Waals surface area contributed by atoms with Crippen molar-refractivity contribution in [2.45, 2.75) is 59.4 Å². The van der Waals surface area contributed by atoms with Gasteiger partial charge in [0, 0.05) is 24.8 Å². The maximum Gasteiger partial charge on any atom is 0.0641 e. The van der Waals surface area contributed by atoms with Gasteiger partial charge in [0.15, 0.2) is 0 Å². The van der Waals surface area contributed by atoms with Crippen molar-refractivity contribution in [1.29, 1.82) is 0 Å². The minimum atomic E-state index is 0.958. The highest BCUT2D eigenvalue weighted by Crippen LogP contribution is 2.11. The molecule has 1 aromatic rings. The van der Waals surface area contributed by atoms with E-state index in [9.17, 15) is 0 Å². The summed E-state index contributed by atoms with van der Waals surface area (Å²) in [6.45, 7) is 8.56. The molecule has 0 spiro atoms. The predicted molar refractivity (Wildman–Crippen MR) is 73.1 cm³/mol. The van der Waals surface area contributed by atoms with Gasteiger partial charge in [0.2, 0.25) is 0 Å². The first kappa shape index (κ1) is 14.2. The average molecular weight is 237 g/mol. The van der Waals surface area contributed by atoms with Gasteiger partial charge in [0.05, 0.1) is 5.69 Å². The number of aromatic nitrogens is 2. The van der Waals surface area contributed by atoms with Crippen LogP contribution in [0.5, 0.6) is 0 Å². The van der Waals surface area contributed by atoms with Crippen LogP contribution in [0.2, 0.25) is 0 Å². The summed E-state index contributed by atoms with van der Waals surface area (Å²) < 4.78 is 1.97. The average Bonchev–Trinajstić information content (AvgIpc) is 2.54. The van der Waals surface area contributed by atoms with Gasteiger partial charge in [0.1, 0.15) is 0 Å². The molecule has 0 aliphatic heterocycles. The predicted octanol–water partition coefficient (Wildman–Crippen LogP) is 3.10. The number of unbranched alkanes of at least 4 members (excludes halogenated alkanes) is 4. The minimum Gasteiger partial charge on any atom is -0.313 e. The van der Waals surface area contributed by atoms with Crippen LogP contribution in [0.25, 0.3) is 0 Å². The van der Waals surface area contributed by atoms with Crippen LogP contribution < -0.4 is 5.32 Å². The van der Waals surface area contributed by atoms with Gasteiger partial charge in [-0.25, -0.2) is 0 Å². The van der Waals surface area contributed by atoms with Crippen LogP contribution >= 0.6 is 0 Å². The Morgan fingerprint density at radius 2 is 1.82 bits per heavy atom. The molecule has 1 heterocycles. The second-order valence-electron chi connectivity index (χ2n) is 4.86. The lowest BCUT2D eigenvalue weighted by Crippen LogP contribution is -2.15. The number of aryl methyl sites for hydroxylation is 2. The smallest absolute Gasteiger partial charge is 0.0641 e. The van der Waals surface area contributed by atoms with E-state index in [1.165, 1.54) is 43.4 Å². The monoisotopic (exact) mass is 237 g/mol. The first-order valence-electron chi connectivity index (χ1n) is 6.86. The summed E-state index contributed by atoms with van der Waals surface area (Å²) in [6.07, 6.45) is 6.72. The summed E-state index contributed by atoms with van der Waals surface area (Å²) in [7, 11) is 2.01. The summed E-state index contributed by atoms with van der Waals surface area (Å²) >= 11 is 0. The van der Waals surface area contributed by atoms with Crippen LogP contribution in [0.4, 0.5) is 0 Å². The van der Waals surface area contributed by atoms with E-state index >= 15 is 0 Å². The largest absolute Gasteiger partial charge is 0.313 e. The molecule has 0 unspecified atom stereocenters. The Kier molecular flexibility index (Phi) is 6.27. The van der Waals surface area contributed by atoms with E-state index < -0.39 is 0 Å². The summed E-state index contributed by atoms with van der Waals surface area (Å²) in [5.74, 6) is 0. The summed E-state index contributed by atoms with van der Waals surface area (Å²) in [5.41, 5.74) is 3.80. The van der Waals surface area contributed by atoms with Crippen molar-refractivity contribution >= 4 is 0 Å². The fraction of sp³-hybridized carbons (Fsp3) is 0.786. The van der Waals surface area contributed by atoms with E-state index in [-0.39, 0.29) is 0 Å². The highest BCUT2D eigenvalue weighted by molar-refractivity contribution is 5.23. The first-order chi connectivity index (χ1) is 8.16. The van der Waals surface area contributed by atoms with Crippen molar-refractivity contribution in [3.63, 3.8) is 0 Å². The zero-order valence-electron chi connectivity index (χ0n) is 11.8. The first-order valence-corrected chi connectivity index (χ1v) is 6.86. The Morgan fingerprint density at radius 1 is 1.12 bits per heavy atom. The van der Waals surface area contributed by atoms with Crippen molar-refractivity contribution in [2.75, 3.05) is 6.54 Å². The zero-order chi connectivity index (χ0) is 12.7. The van der Waals surface area contributed by atoms with Crippen LogP contribution in [0.3, 0.4) is 0 Å². The second kappa shape index (κ2) is 7.49. The van der Waals surface area contributed by atoms with Gasteiger partial charge in [-0.05, 0) is 26.8 Å². The minimum absolute atomic E-state index is 0.958. The number of hydrogen-bond acceptors (Lipinski definition) is 2. The Morgan fingerprint density at radius 3 is 2.41 bits per heavy atom. The number of hydrogen-bond donors (Lipinski definition) is 1. The number of nitrogens with zero attached hydrogens (tertiary/aromatic N) is 2. The van der Waals surface area contributed by atoms with E-state index in [0.29, 0.717) is 0 Å². The van der Waals surface area contributed by atoms with Crippen LogP contribution in [-0.4, -0.2) is 16.3 Å². The Bertz CT molecular complexity index is 328. The lowest BCUT2D eigenvalue weighted by Gasteiger charge is -2.05. The lowest BCUT2D eigenvalue weighted by atomic mass is 10.1. The molecule has 0 bridgehead atoms. The highest BCUT2D eigenvalue weighted by atomic mass is 15.3. The fourth-order valence-corrected chi connectivity index (χ4v) is 2.14. The van der Waals surface area contributed by atoms with E-state index in [1.807, 2.05) is 11.7 Å². The van der Waals surface area contributed by atoms with Gasteiger partial charge >= 0.3 is 0 Å². The standard InChI is InChI=1S/C14H27N3/c1-5-6-7-8-9-10-15-11-14-12(2)16-17(4)13(14)3/h15H,5-11H2,1-4H3. The van der Waals surface area contributed by atoms with E-state index in [1.54, 1.807) is 0 Å². The van der Waals surface area contributed by atoms with E-state index in [2.05, 4.69) is 31.2 Å². The van der Waals surface area contributed by atoms with E-state index in [4.69, 9.17) is 0 Å². The second-order valence-corrected chi connectivity index (χ2v) is 4.86. The summed E-state index contributed by atoms with van der Waals surface area (Å²) in [6, 6.07) is 0. The Labute approximate surface area is 106 Å². The summed E-state index contributed by atoms with van der Waals surface area (Å²) in [5, 5.41) is 7.95. The molecule has 0 aromatic carbocycles. The Balaban J connectivity index is 2.18. The van der Waals surface area contributed by atoms with Gasteiger partial charge in [-0.15, -0.1) is 0 Å². The molecule has 1 aromatic heterocycles. The maximum absolute atomic E-state index is 4.43. The third-order valence-electron chi connectivity index (χ3n) is 3.42. The summed E-state index contributed by atoms with van der Waals surface area (Å²) in [4.78, 5) is 0.